The highest BCUT2D eigenvalue weighted by Crippen LogP contribution is 2.33. The van der Waals surface area contributed by atoms with Gasteiger partial charge < -0.3 is 14.8 Å². The van der Waals surface area contributed by atoms with Gasteiger partial charge in [0.05, 0.1) is 5.56 Å². The quantitative estimate of drug-likeness (QED) is 0.864. The number of rotatable bonds is 2. The number of carbonyl (C=O) groups excluding carboxylic acids is 1. The first-order chi connectivity index (χ1) is 9.74. The fourth-order valence-corrected chi connectivity index (χ4v) is 2.11. The molecular weight excluding hydrogens is 280 g/mol. The van der Waals surface area contributed by atoms with Crippen LogP contribution in [-0.2, 0) is 0 Å². The van der Waals surface area contributed by atoms with Gasteiger partial charge in [0.2, 0.25) is 0 Å². The molecule has 3 rings (SSSR count). The Labute approximate surface area is 120 Å². The van der Waals surface area contributed by atoms with Gasteiger partial charge in [-0.1, -0.05) is 17.7 Å². The number of hydrogen-bond donors (Lipinski definition) is 1. The molecular formula is C14H11ClN2O3. The summed E-state index contributed by atoms with van der Waals surface area (Å²) in [7, 11) is 0. The van der Waals surface area contributed by atoms with E-state index in [9.17, 15) is 4.79 Å². The van der Waals surface area contributed by atoms with Crippen LogP contribution in [0.2, 0.25) is 5.15 Å². The van der Waals surface area contributed by atoms with E-state index in [1.807, 2.05) is 0 Å². The summed E-state index contributed by atoms with van der Waals surface area (Å²) in [5.74, 6) is 0.766. The Hall–Kier alpha value is -2.27. The number of aromatic nitrogens is 1. The summed E-state index contributed by atoms with van der Waals surface area (Å²) in [5.41, 5.74) is 1.000. The van der Waals surface area contributed by atoms with Crippen molar-refractivity contribution in [3.63, 3.8) is 0 Å². The molecule has 0 atom stereocenters. The highest BCUT2D eigenvalue weighted by Gasteiger charge is 2.20. The van der Waals surface area contributed by atoms with Crippen LogP contribution in [0.3, 0.4) is 0 Å². The number of anilines is 1. The van der Waals surface area contributed by atoms with Crippen molar-refractivity contribution in [3.8, 4) is 11.5 Å². The SMILES string of the molecule is O=C(Nc1ccnc(Cl)c1)c1cccc2c1OCCO2. The minimum atomic E-state index is -0.283. The summed E-state index contributed by atoms with van der Waals surface area (Å²) in [6.45, 7) is 0.913. The van der Waals surface area contributed by atoms with Crippen LogP contribution in [0.1, 0.15) is 10.4 Å². The van der Waals surface area contributed by atoms with Crippen LogP contribution in [0, 0.1) is 0 Å². The number of para-hydroxylation sites is 1. The van der Waals surface area contributed by atoms with Gasteiger partial charge in [0.15, 0.2) is 11.5 Å². The smallest absolute Gasteiger partial charge is 0.259 e. The Morgan fingerprint density at radius 3 is 2.95 bits per heavy atom. The Kier molecular flexibility index (Phi) is 3.43. The fraction of sp³-hybridized carbons (Fsp3) is 0.143. The third kappa shape index (κ3) is 2.53. The van der Waals surface area contributed by atoms with Crippen molar-refractivity contribution in [2.24, 2.45) is 0 Å². The largest absolute Gasteiger partial charge is 0.486 e. The second-order valence-electron chi connectivity index (χ2n) is 4.15. The zero-order valence-electron chi connectivity index (χ0n) is 10.4. The van der Waals surface area contributed by atoms with Gasteiger partial charge in [0.25, 0.3) is 5.91 Å². The third-order valence-corrected chi connectivity index (χ3v) is 3.00. The molecule has 5 nitrogen and oxygen atoms in total. The summed E-state index contributed by atoms with van der Waals surface area (Å²) in [6.07, 6.45) is 1.53. The minimum absolute atomic E-state index is 0.283. The summed E-state index contributed by atoms with van der Waals surface area (Å²) in [5, 5.41) is 3.07. The van der Waals surface area contributed by atoms with E-state index in [4.69, 9.17) is 21.1 Å². The van der Waals surface area contributed by atoms with Gasteiger partial charge in [-0.05, 0) is 24.3 Å². The molecule has 20 heavy (non-hydrogen) atoms. The van der Waals surface area contributed by atoms with Gasteiger partial charge in [0, 0.05) is 11.9 Å². The number of pyridine rings is 1. The number of ether oxygens (including phenoxy) is 2. The van der Waals surface area contributed by atoms with Crippen LogP contribution >= 0.6 is 11.6 Å². The lowest BCUT2D eigenvalue weighted by Crippen LogP contribution is -2.20. The standard InChI is InChI=1S/C14H11ClN2O3/c15-12-8-9(4-5-16-12)17-14(18)10-2-1-3-11-13(10)20-7-6-19-11/h1-5,8H,6-7H2,(H,16,17,18). The van der Waals surface area contributed by atoms with Gasteiger partial charge in [-0.25, -0.2) is 4.98 Å². The van der Waals surface area contributed by atoms with Crippen LogP contribution in [0.25, 0.3) is 0 Å². The monoisotopic (exact) mass is 290 g/mol. The van der Waals surface area contributed by atoms with Crippen LogP contribution in [0.15, 0.2) is 36.5 Å². The molecule has 6 heteroatoms. The van der Waals surface area contributed by atoms with Crippen molar-refractivity contribution < 1.29 is 14.3 Å². The molecule has 102 valence electrons. The molecule has 0 aliphatic carbocycles. The molecule has 1 aromatic carbocycles. The van der Waals surface area contributed by atoms with Crippen LogP contribution < -0.4 is 14.8 Å². The second-order valence-corrected chi connectivity index (χ2v) is 4.54. The van der Waals surface area contributed by atoms with Crippen molar-refractivity contribution in [1.82, 2.24) is 4.98 Å². The maximum absolute atomic E-state index is 12.3. The Bertz CT molecular complexity index is 661. The van der Waals surface area contributed by atoms with Gasteiger partial charge in [-0.3, -0.25) is 4.79 Å². The first kappa shape index (κ1) is 12.7. The molecule has 1 N–H and O–H groups in total. The second kappa shape index (κ2) is 5.38. The van der Waals surface area contributed by atoms with Gasteiger partial charge in [0.1, 0.15) is 18.4 Å². The molecule has 2 heterocycles. The lowest BCUT2D eigenvalue weighted by Gasteiger charge is -2.20. The first-order valence-electron chi connectivity index (χ1n) is 6.05. The van der Waals surface area contributed by atoms with E-state index in [0.717, 1.165) is 0 Å². The lowest BCUT2D eigenvalue weighted by molar-refractivity contribution is 0.101. The number of nitrogens with one attached hydrogen (secondary N) is 1. The molecule has 1 aromatic heterocycles. The topological polar surface area (TPSA) is 60.5 Å². The molecule has 1 aliphatic rings. The first-order valence-corrected chi connectivity index (χ1v) is 6.43. The molecule has 0 saturated carbocycles. The summed E-state index contributed by atoms with van der Waals surface area (Å²) in [6, 6.07) is 8.45. The molecule has 0 bridgehead atoms. The molecule has 2 aromatic rings. The molecule has 0 radical (unpaired) electrons. The zero-order valence-corrected chi connectivity index (χ0v) is 11.2. The predicted octanol–water partition coefficient (Wildman–Crippen LogP) is 2.76. The van der Waals surface area contributed by atoms with Crippen LogP contribution in [0.4, 0.5) is 5.69 Å². The minimum Gasteiger partial charge on any atom is -0.486 e. The number of benzene rings is 1. The van der Waals surface area contributed by atoms with Gasteiger partial charge >= 0.3 is 0 Å². The number of nitrogens with zero attached hydrogens (tertiary/aromatic N) is 1. The van der Waals surface area contributed by atoms with E-state index >= 15 is 0 Å². The highest BCUT2D eigenvalue weighted by atomic mass is 35.5. The summed E-state index contributed by atoms with van der Waals surface area (Å²) in [4.78, 5) is 16.1. The maximum atomic E-state index is 12.3. The Morgan fingerprint density at radius 2 is 2.10 bits per heavy atom. The van der Waals surface area contributed by atoms with E-state index in [1.165, 1.54) is 6.20 Å². The van der Waals surface area contributed by atoms with E-state index in [1.54, 1.807) is 30.3 Å². The molecule has 1 aliphatic heterocycles. The maximum Gasteiger partial charge on any atom is 0.259 e. The van der Waals surface area contributed by atoms with E-state index in [2.05, 4.69) is 10.3 Å². The van der Waals surface area contributed by atoms with E-state index in [-0.39, 0.29) is 5.91 Å². The molecule has 0 spiro atoms. The van der Waals surface area contributed by atoms with Crippen LogP contribution in [0.5, 0.6) is 11.5 Å². The summed E-state index contributed by atoms with van der Waals surface area (Å²) < 4.78 is 11.0. The molecule has 0 saturated heterocycles. The average molecular weight is 291 g/mol. The number of fused-ring (bicyclic) bond motifs is 1. The van der Waals surface area contributed by atoms with Crippen molar-refractivity contribution in [3.05, 3.63) is 47.2 Å². The average Bonchev–Trinajstić information content (AvgIpc) is 2.46. The van der Waals surface area contributed by atoms with Gasteiger partial charge in [-0.15, -0.1) is 0 Å². The van der Waals surface area contributed by atoms with Crippen molar-refractivity contribution >= 4 is 23.2 Å². The van der Waals surface area contributed by atoms with E-state index in [0.29, 0.717) is 41.1 Å². The molecule has 0 unspecified atom stereocenters. The number of halogens is 1. The highest BCUT2D eigenvalue weighted by molar-refractivity contribution is 6.29. The molecule has 0 fully saturated rings. The molecule has 1 amide bonds. The normalized spacial score (nSPS) is 12.8. The van der Waals surface area contributed by atoms with Gasteiger partial charge in [-0.2, -0.15) is 0 Å². The Morgan fingerprint density at radius 1 is 1.25 bits per heavy atom. The zero-order chi connectivity index (χ0) is 13.9. The number of hydrogen-bond acceptors (Lipinski definition) is 4. The lowest BCUT2D eigenvalue weighted by atomic mass is 10.1. The van der Waals surface area contributed by atoms with Crippen molar-refractivity contribution in [2.75, 3.05) is 18.5 Å². The predicted molar refractivity (Wildman–Crippen MR) is 74.6 cm³/mol. The Balaban J connectivity index is 1.88. The van der Waals surface area contributed by atoms with E-state index < -0.39 is 0 Å². The fourth-order valence-electron chi connectivity index (χ4n) is 1.93. The van der Waals surface area contributed by atoms with Crippen LogP contribution in [-0.4, -0.2) is 24.1 Å². The van der Waals surface area contributed by atoms with Crippen molar-refractivity contribution in [2.45, 2.75) is 0 Å². The van der Waals surface area contributed by atoms with Crippen molar-refractivity contribution in [1.29, 1.82) is 0 Å². The number of amides is 1. The summed E-state index contributed by atoms with van der Waals surface area (Å²) >= 11 is 5.78. The number of carbonyl (C=O) groups is 1. The third-order valence-electron chi connectivity index (χ3n) is 2.80.